The lowest BCUT2D eigenvalue weighted by molar-refractivity contribution is 0.0635. The lowest BCUT2D eigenvalue weighted by Gasteiger charge is -2.27. The van der Waals surface area contributed by atoms with Gasteiger partial charge in [0.05, 0.1) is 6.10 Å². The molecule has 78 valence electrons. The fourth-order valence-electron chi connectivity index (χ4n) is 2.31. The third-order valence-electron chi connectivity index (χ3n) is 3.23. The highest BCUT2D eigenvalue weighted by atomic mass is 16.3. The monoisotopic (exact) mass is 184 g/mol. The topological polar surface area (TPSA) is 20.2 Å². The van der Waals surface area contributed by atoms with Gasteiger partial charge >= 0.3 is 0 Å². The molecule has 0 bridgehead atoms. The minimum absolute atomic E-state index is 0.0147. The lowest BCUT2D eigenvalue weighted by Crippen LogP contribution is -2.24. The summed E-state index contributed by atoms with van der Waals surface area (Å²) >= 11 is 0. The van der Waals surface area contributed by atoms with Gasteiger partial charge in [-0.15, -0.1) is 0 Å². The molecule has 0 amide bonds. The van der Waals surface area contributed by atoms with Crippen LogP contribution < -0.4 is 0 Å². The van der Waals surface area contributed by atoms with Gasteiger partial charge in [-0.2, -0.15) is 0 Å². The summed E-state index contributed by atoms with van der Waals surface area (Å²) in [5, 5.41) is 9.73. The predicted molar refractivity (Wildman–Crippen MR) is 56.7 cm³/mol. The van der Waals surface area contributed by atoms with Crippen molar-refractivity contribution in [3.8, 4) is 0 Å². The van der Waals surface area contributed by atoms with E-state index in [0.717, 1.165) is 12.3 Å². The number of aliphatic hydroxyl groups is 1. The molecule has 0 aromatic carbocycles. The first-order valence-electron chi connectivity index (χ1n) is 5.88. The van der Waals surface area contributed by atoms with Crippen LogP contribution in [0.2, 0.25) is 0 Å². The van der Waals surface area contributed by atoms with Crippen molar-refractivity contribution in [2.24, 2.45) is 11.8 Å². The molecule has 0 aromatic heterocycles. The van der Waals surface area contributed by atoms with E-state index in [1.807, 2.05) is 0 Å². The SMILES string of the molecule is CC(C)CCC[C@@H]1CCCC[C@H]1O. The van der Waals surface area contributed by atoms with E-state index in [0.29, 0.717) is 5.92 Å². The zero-order valence-corrected chi connectivity index (χ0v) is 9.13. The van der Waals surface area contributed by atoms with E-state index in [2.05, 4.69) is 13.8 Å². The van der Waals surface area contributed by atoms with Crippen LogP contribution in [0.1, 0.15) is 58.8 Å². The first-order chi connectivity index (χ1) is 6.20. The maximum atomic E-state index is 9.73. The van der Waals surface area contributed by atoms with Crippen LogP contribution in [0.15, 0.2) is 0 Å². The van der Waals surface area contributed by atoms with Crippen molar-refractivity contribution < 1.29 is 5.11 Å². The summed E-state index contributed by atoms with van der Waals surface area (Å²) in [7, 11) is 0. The van der Waals surface area contributed by atoms with Crippen molar-refractivity contribution in [1.82, 2.24) is 0 Å². The molecule has 1 heteroatoms. The van der Waals surface area contributed by atoms with Gasteiger partial charge in [-0.05, 0) is 31.1 Å². The third-order valence-corrected chi connectivity index (χ3v) is 3.23. The summed E-state index contributed by atoms with van der Waals surface area (Å²) in [5.41, 5.74) is 0. The average Bonchev–Trinajstić information content (AvgIpc) is 2.08. The molecule has 0 heterocycles. The lowest BCUT2D eigenvalue weighted by atomic mass is 9.83. The van der Waals surface area contributed by atoms with Crippen molar-refractivity contribution in [3.63, 3.8) is 0 Å². The molecule has 0 unspecified atom stereocenters. The number of hydrogen-bond donors (Lipinski definition) is 1. The van der Waals surface area contributed by atoms with Crippen LogP contribution >= 0.6 is 0 Å². The van der Waals surface area contributed by atoms with E-state index in [-0.39, 0.29) is 6.10 Å². The van der Waals surface area contributed by atoms with Crippen LogP contribution in [0, 0.1) is 11.8 Å². The second-order valence-corrected chi connectivity index (χ2v) is 4.94. The molecule has 1 N–H and O–H groups in total. The van der Waals surface area contributed by atoms with Crippen LogP contribution in [0.3, 0.4) is 0 Å². The highest BCUT2D eigenvalue weighted by molar-refractivity contribution is 4.74. The predicted octanol–water partition coefficient (Wildman–Crippen LogP) is 3.36. The Morgan fingerprint density at radius 3 is 2.54 bits per heavy atom. The molecule has 1 aliphatic rings. The first kappa shape index (κ1) is 11.0. The Bertz CT molecular complexity index is 131. The summed E-state index contributed by atoms with van der Waals surface area (Å²) in [6.45, 7) is 4.55. The summed E-state index contributed by atoms with van der Waals surface area (Å²) in [6, 6.07) is 0. The Morgan fingerprint density at radius 1 is 1.23 bits per heavy atom. The van der Waals surface area contributed by atoms with E-state index < -0.39 is 0 Å². The second kappa shape index (κ2) is 5.64. The zero-order valence-electron chi connectivity index (χ0n) is 9.13. The molecule has 0 saturated heterocycles. The average molecular weight is 184 g/mol. The molecule has 13 heavy (non-hydrogen) atoms. The van der Waals surface area contributed by atoms with Crippen LogP contribution in [-0.4, -0.2) is 11.2 Å². The molecule has 1 nitrogen and oxygen atoms in total. The Labute approximate surface area is 82.5 Å². The van der Waals surface area contributed by atoms with Crippen LogP contribution in [0.25, 0.3) is 0 Å². The van der Waals surface area contributed by atoms with Crippen molar-refractivity contribution in [2.75, 3.05) is 0 Å². The highest BCUT2D eigenvalue weighted by Crippen LogP contribution is 2.28. The minimum Gasteiger partial charge on any atom is -0.393 e. The van der Waals surface area contributed by atoms with E-state index in [1.54, 1.807) is 0 Å². The number of hydrogen-bond acceptors (Lipinski definition) is 1. The third kappa shape index (κ3) is 4.12. The van der Waals surface area contributed by atoms with Gasteiger partial charge in [0.2, 0.25) is 0 Å². The minimum atomic E-state index is 0.0147. The summed E-state index contributed by atoms with van der Waals surface area (Å²) in [5.74, 6) is 1.44. The zero-order chi connectivity index (χ0) is 9.68. The van der Waals surface area contributed by atoms with E-state index in [4.69, 9.17) is 0 Å². The summed E-state index contributed by atoms with van der Waals surface area (Å²) in [4.78, 5) is 0. The Balaban J connectivity index is 2.11. The van der Waals surface area contributed by atoms with Gasteiger partial charge in [-0.3, -0.25) is 0 Å². The van der Waals surface area contributed by atoms with Crippen LogP contribution in [-0.2, 0) is 0 Å². The van der Waals surface area contributed by atoms with Gasteiger partial charge in [0.25, 0.3) is 0 Å². The quantitative estimate of drug-likeness (QED) is 0.710. The molecule has 1 fully saturated rings. The largest absolute Gasteiger partial charge is 0.393 e. The second-order valence-electron chi connectivity index (χ2n) is 4.94. The van der Waals surface area contributed by atoms with Gasteiger partial charge in [0.1, 0.15) is 0 Å². The molecule has 0 aliphatic heterocycles. The van der Waals surface area contributed by atoms with Crippen molar-refractivity contribution in [1.29, 1.82) is 0 Å². The Morgan fingerprint density at radius 2 is 1.92 bits per heavy atom. The molecule has 0 aromatic rings. The van der Waals surface area contributed by atoms with E-state index in [9.17, 15) is 5.11 Å². The maximum absolute atomic E-state index is 9.73. The molecule has 2 atom stereocenters. The number of rotatable bonds is 4. The van der Waals surface area contributed by atoms with E-state index >= 15 is 0 Å². The fraction of sp³-hybridized carbons (Fsp3) is 1.00. The molecule has 1 saturated carbocycles. The van der Waals surface area contributed by atoms with Gasteiger partial charge < -0.3 is 5.11 Å². The summed E-state index contributed by atoms with van der Waals surface area (Å²) < 4.78 is 0. The van der Waals surface area contributed by atoms with Gasteiger partial charge in [-0.1, -0.05) is 39.5 Å². The smallest absolute Gasteiger partial charge is 0.0568 e. The van der Waals surface area contributed by atoms with Gasteiger partial charge in [0, 0.05) is 0 Å². The molecule has 0 spiro atoms. The van der Waals surface area contributed by atoms with Crippen molar-refractivity contribution in [3.05, 3.63) is 0 Å². The highest BCUT2D eigenvalue weighted by Gasteiger charge is 2.22. The normalized spacial score (nSPS) is 29.5. The van der Waals surface area contributed by atoms with Gasteiger partial charge in [0.15, 0.2) is 0 Å². The Kier molecular flexibility index (Phi) is 4.79. The standard InChI is InChI=1S/C12H24O/c1-10(2)6-5-8-11-7-3-4-9-12(11)13/h10-13H,3-9H2,1-2H3/t11-,12+/m0/s1. The molecular formula is C12H24O. The first-order valence-corrected chi connectivity index (χ1v) is 5.88. The van der Waals surface area contributed by atoms with Crippen molar-refractivity contribution >= 4 is 0 Å². The van der Waals surface area contributed by atoms with Crippen molar-refractivity contribution in [2.45, 2.75) is 64.9 Å². The maximum Gasteiger partial charge on any atom is 0.0568 e. The molecular weight excluding hydrogens is 160 g/mol. The molecule has 1 aliphatic carbocycles. The van der Waals surface area contributed by atoms with Crippen LogP contribution in [0.4, 0.5) is 0 Å². The molecule has 0 radical (unpaired) electrons. The van der Waals surface area contributed by atoms with Gasteiger partial charge in [-0.25, -0.2) is 0 Å². The number of aliphatic hydroxyl groups excluding tert-OH is 1. The Hall–Kier alpha value is -0.0400. The fourth-order valence-corrected chi connectivity index (χ4v) is 2.31. The van der Waals surface area contributed by atoms with E-state index in [1.165, 1.54) is 38.5 Å². The summed E-state index contributed by atoms with van der Waals surface area (Å²) in [6.07, 6.45) is 8.78. The van der Waals surface area contributed by atoms with Crippen LogP contribution in [0.5, 0.6) is 0 Å². The molecule has 1 rings (SSSR count).